The van der Waals surface area contributed by atoms with Crippen LogP contribution in [0.4, 0.5) is 0 Å². The van der Waals surface area contributed by atoms with Crippen LogP contribution in [0.3, 0.4) is 0 Å². The van der Waals surface area contributed by atoms with Crippen LogP contribution in [0.2, 0.25) is 0 Å². The SMILES string of the molecule is COC(=O)CCc1c(C)cc(/C(N)=N\O)cc1C. The maximum absolute atomic E-state index is 11.1. The van der Waals surface area contributed by atoms with E-state index in [1.165, 1.54) is 7.11 Å². The van der Waals surface area contributed by atoms with Crippen molar-refractivity contribution in [3.8, 4) is 0 Å². The molecule has 0 saturated carbocycles. The standard InChI is InChI=1S/C13H18N2O3/c1-8-6-10(13(14)15-17)7-9(2)11(8)4-5-12(16)18-3/h6-7,17H,4-5H2,1-3H3,(H2,14,15). The van der Waals surface area contributed by atoms with E-state index in [0.29, 0.717) is 18.4 Å². The van der Waals surface area contributed by atoms with Gasteiger partial charge in [-0.1, -0.05) is 5.16 Å². The smallest absolute Gasteiger partial charge is 0.305 e. The van der Waals surface area contributed by atoms with Crippen molar-refractivity contribution in [1.82, 2.24) is 0 Å². The number of carbonyl (C=O) groups is 1. The Morgan fingerprint density at radius 1 is 1.39 bits per heavy atom. The van der Waals surface area contributed by atoms with Crippen molar-refractivity contribution in [2.24, 2.45) is 10.9 Å². The number of ether oxygens (including phenoxy) is 1. The number of carbonyl (C=O) groups excluding carboxylic acids is 1. The number of hydrogen-bond donors (Lipinski definition) is 2. The number of methoxy groups -OCH3 is 1. The third-order valence-corrected chi connectivity index (χ3v) is 2.91. The molecule has 5 heteroatoms. The van der Waals surface area contributed by atoms with Gasteiger partial charge in [0.25, 0.3) is 0 Å². The summed E-state index contributed by atoms with van der Waals surface area (Å²) in [5.41, 5.74) is 9.35. The van der Waals surface area contributed by atoms with E-state index in [4.69, 9.17) is 10.9 Å². The Morgan fingerprint density at radius 2 is 1.94 bits per heavy atom. The van der Waals surface area contributed by atoms with Gasteiger partial charge in [-0.3, -0.25) is 4.79 Å². The van der Waals surface area contributed by atoms with Crippen molar-refractivity contribution in [2.75, 3.05) is 7.11 Å². The second-order valence-electron chi connectivity index (χ2n) is 4.15. The number of aryl methyl sites for hydroxylation is 2. The predicted octanol–water partition coefficient (Wildman–Crippen LogP) is 1.50. The summed E-state index contributed by atoms with van der Waals surface area (Å²) in [6.07, 6.45) is 0.974. The maximum atomic E-state index is 11.1. The highest BCUT2D eigenvalue weighted by Gasteiger charge is 2.10. The lowest BCUT2D eigenvalue weighted by molar-refractivity contribution is -0.140. The number of oxime groups is 1. The highest BCUT2D eigenvalue weighted by Crippen LogP contribution is 2.18. The first-order chi connectivity index (χ1) is 8.49. The predicted molar refractivity (Wildman–Crippen MR) is 68.8 cm³/mol. The number of benzene rings is 1. The zero-order chi connectivity index (χ0) is 13.7. The molecule has 0 bridgehead atoms. The molecule has 0 radical (unpaired) electrons. The summed E-state index contributed by atoms with van der Waals surface area (Å²) < 4.78 is 4.62. The zero-order valence-electron chi connectivity index (χ0n) is 10.9. The summed E-state index contributed by atoms with van der Waals surface area (Å²) in [6, 6.07) is 3.68. The molecule has 1 aromatic rings. The number of hydrogen-bond acceptors (Lipinski definition) is 4. The molecule has 0 saturated heterocycles. The first-order valence-electron chi connectivity index (χ1n) is 5.64. The molecule has 0 unspecified atom stereocenters. The van der Waals surface area contributed by atoms with Gasteiger partial charge in [-0.25, -0.2) is 0 Å². The minimum absolute atomic E-state index is 0.0840. The molecule has 0 heterocycles. The Labute approximate surface area is 106 Å². The van der Waals surface area contributed by atoms with E-state index in [1.807, 2.05) is 26.0 Å². The summed E-state index contributed by atoms with van der Waals surface area (Å²) in [5.74, 6) is -0.143. The van der Waals surface area contributed by atoms with E-state index in [9.17, 15) is 4.79 Å². The van der Waals surface area contributed by atoms with Crippen molar-refractivity contribution in [2.45, 2.75) is 26.7 Å². The van der Waals surface area contributed by atoms with Crippen LogP contribution in [-0.4, -0.2) is 24.1 Å². The molecule has 0 aromatic heterocycles. The van der Waals surface area contributed by atoms with E-state index >= 15 is 0 Å². The van der Waals surface area contributed by atoms with Crippen LogP contribution < -0.4 is 5.73 Å². The van der Waals surface area contributed by atoms with Crippen molar-refractivity contribution >= 4 is 11.8 Å². The molecular formula is C13H18N2O3. The maximum Gasteiger partial charge on any atom is 0.305 e. The quantitative estimate of drug-likeness (QED) is 0.279. The van der Waals surface area contributed by atoms with Gasteiger partial charge in [0, 0.05) is 12.0 Å². The number of nitrogens with two attached hydrogens (primary N) is 1. The summed E-state index contributed by atoms with van der Waals surface area (Å²) in [5, 5.41) is 11.6. The minimum atomic E-state index is -0.227. The molecule has 0 atom stereocenters. The Hall–Kier alpha value is -2.04. The van der Waals surface area contributed by atoms with E-state index in [-0.39, 0.29) is 11.8 Å². The summed E-state index contributed by atoms with van der Waals surface area (Å²) >= 11 is 0. The average Bonchev–Trinajstić information content (AvgIpc) is 2.36. The molecule has 0 spiro atoms. The number of esters is 1. The van der Waals surface area contributed by atoms with E-state index < -0.39 is 0 Å². The van der Waals surface area contributed by atoms with E-state index in [1.54, 1.807) is 0 Å². The normalized spacial score (nSPS) is 11.4. The van der Waals surface area contributed by atoms with Crippen LogP contribution in [0.25, 0.3) is 0 Å². The molecule has 3 N–H and O–H groups in total. The van der Waals surface area contributed by atoms with E-state index in [2.05, 4.69) is 9.89 Å². The van der Waals surface area contributed by atoms with Crippen molar-refractivity contribution in [3.05, 3.63) is 34.4 Å². The molecule has 0 fully saturated rings. The van der Waals surface area contributed by atoms with Gasteiger partial charge >= 0.3 is 5.97 Å². The van der Waals surface area contributed by atoms with Crippen molar-refractivity contribution in [1.29, 1.82) is 0 Å². The van der Waals surface area contributed by atoms with Gasteiger partial charge in [0.15, 0.2) is 5.84 Å². The molecule has 1 rings (SSSR count). The van der Waals surface area contributed by atoms with Gasteiger partial charge < -0.3 is 15.7 Å². The Balaban J connectivity index is 2.98. The second-order valence-corrected chi connectivity index (χ2v) is 4.15. The molecule has 1 aromatic carbocycles. The third kappa shape index (κ3) is 3.23. The minimum Gasteiger partial charge on any atom is -0.469 e. The first-order valence-corrected chi connectivity index (χ1v) is 5.64. The molecule has 0 amide bonds. The lowest BCUT2D eigenvalue weighted by Gasteiger charge is -2.11. The molecule has 0 aliphatic heterocycles. The Kier molecular flexibility index (Phi) is 4.71. The monoisotopic (exact) mass is 250 g/mol. The number of amidine groups is 1. The second kappa shape index (κ2) is 6.05. The van der Waals surface area contributed by atoms with Gasteiger partial charge in [0.2, 0.25) is 0 Å². The summed E-state index contributed by atoms with van der Waals surface area (Å²) in [6.45, 7) is 3.88. The summed E-state index contributed by atoms with van der Waals surface area (Å²) in [4.78, 5) is 11.1. The van der Waals surface area contributed by atoms with Crippen LogP contribution in [0.5, 0.6) is 0 Å². The fraction of sp³-hybridized carbons (Fsp3) is 0.385. The average molecular weight is 250 g/mol. The largest absolute Gasteiger partial charge is 0.469 e. The van der Waals surface area contributed by atoms with E-state index in [0.717, 1.165) is 16.7 Å². The lowest BCUT2D eigenvalue weighted by Crippen LogP contribution is -2.14. The van der Waals surface area contributed by atoms with Gasteiger partial charge in [0.1, 0.15) is 0 Å². The topological polar surface area (TPSA) is 84.9 Å². The van der Waals surface area contributed by atoms with Crippen LogP contribution >= 0.6 is 0 Å². The lowest BCUT2D eigenvalue weighted by atomic mass is 9.95. The zero-order valence-corrected chi connectivity index (χ0v) is 10.9. The molecule has 98 valence electrons. The van der Waals surface area contributed by atoms with Gasteiger partial charge in [-0.2, -0.15) is 0 Å². The fourth-order valence-electron chi connectivity index (χ4n) is 1.92. The highest BCUT2D eigenvalue weighted by molar-refractivity contribution is 5.97. The van der Waals surface area contributed by atoms with Crippen molar-refractivity contribution < 1.29 is 14.7 Å². The number of rotatable bonds is 4. The van der Waals surface area contributed by atoms with Crippen LogP contribution in [0.15, 0.2) is 17.3 Å². The Bertz CT molecular complexity index is 458. The fourth-order valence-corrected chi connectivity index (χ4v) is 1.92. The van der Waals surface area contributed by atoms with Crippen molar-refractivity contribution in [3.63, 3.8) is 0 Å². The Morgan fingerprint density at radius 3 is 2.39 bits per heavy atom. The number of nitrogens with zero attached hydrogens (tertiary/aromatic N) is 1. The molecule has 0 aliphatic rings. The van der Waals surface area contributed by atoms with Gasteiger partial charge in [0.05, 0.1) is 7.11 Å². The molecule has 18 heavy (non-hydrogen) atoms. The highest BCUT2D eigenvalue weighted by atomic mass is 16.5. The molecule has 0 aliphatic carbocycles. The molecular weight excluding hydrogens is 232 g/mol. The van der Waals surface area contributed by atoms with Crippen LogP contribution in [0, 0.1) is 13.8 Å². The van der Waals surface area contributed by atoms with Gasteiger partial charge in [-0.05, 0) is 49.1 Å². The third-order valence-electron chi connectivity index (χ3n) is 2.91. The summed E-state index contributed by atoms with van der Waals surface area (Å²) in [7, 11) is 1.38. The first kappa shape index (κ1) is 14.0. The van der Waals surface area contributed by atoms with Crippen LogP contribution in [0.1, 0.15) is 28.7 Å². The molecule has 5 nitrogen and oxygen atoms in total. The van der Waals surface area contributed by atoms with Gasteiger partial charge in [-0.15, -0.1) is 0 Å². The van der Waals surface area contributed by atoms with Crippen LogP contribution in [-0.2, 0) is 16.0 Å².